The number of carboxylic acid groups (broad SMARTS) is 1. The number of thiol groups is 1. The van der Waals surface area contributed by atoms with E-state index in [4.69, 9.17) is 14.7 Å². The van der Waals surface area contributed by atoms with Crippen molar-refractivity contribution in [1.82, 2.24) is 0 Å². The zero-order valence-corrected chi connectivity index (χ0v) is 4.26. The molecule has 0 saturated heterocycles. The van der Waals surface area contributed by atoms with E-state index in [9.17, 15) is 0 Å². The number of amides is 1. The van der Waals surface area contributed by atoms with Gasteiger partial charge < -0.3 is 10.8 Å². The maximum atomic E-state index is 9.09. The summed E-state index contributed by atoms with van der Waals surface area (Å²) in [7, 11) is 0. The lowest BCUT2D eigenvalue weighted by Gasteiger charge is -1.58. The Kier molecular flexibility index (Phi) is 12.3. The fraction of sp³-hybridized carbons (Fsp3) is 0. The van der Waals surface area contributed by atoms with Gasteiger partial charge >= 0.3 is 0 Å². The van der Waals surface area contributed by atoms with E-state index >= 15 is 0 Å². The summed E-state index contributed by atoms with van der Waals surface area (Å²) in [4.78, 5) is 17.4. The number of carbonyl (C=O) groups excluding carboxylic acids is 1. The molecule has 0 radical (unpaired) electrons. The molecule has 0 bridgehead atoms. The van der Waals surface area contributed by atoms with Gasteiger partial charge in [-0.3, -0.25) is 9.59 Å². The van der Waals surface area contributed by atoms with Crippen LogP contribution in [0.1, 0.15) is 0 Å². The Hall–Kier alpha value is -0.710. The average molecular weight is 123 g/mol. The van der Waals surface area contributed by atoms with Crippen molar-refractivity contribution in [3.63, 3.8) is 0 Å². The molecule has 0 aliphatic rings. The third-order valence-electron chi connectivity index (χ3n) is 0. The van der Waals surface area contributed by atoms with Crippen LogP contribution in [0.5, 0.6) is 0 Å². The Labute approximate surface area is 45.7 Å². The smallest absolute Gasteiger partial charge is 0.290 e. The van der Waals surface area contributed by atoms with Crippen molar-refractivity contribution < 1.29 is 14.7 Å². The minimum atomic E-state index is -0.639. The minimum Gasteiger partial charge on any atom is -0.483 e. The van der Waals surface area contributed by atoms with Crippen molar-refractivity contribution >= 4 is 24.3 Å². The lowest BCUT2D eigenvalue weighted by atomic mass is 11.5. The van der Waals surface area contributed by atoms with Gasteiger partial charge in [-0.05, 0) is 0 Å². The molecule has 0 fully saturated rings. The van der Waals surface area contributed by atoms with Gasteiger partial charge in [-0.1, -0.05) is 12.6 Å². The molecule has 0 spiro atoms. The number of hydrogen-bond acceptors (Lipinski definition) is 2. The Morgan fingerprint density at radius 3 is 1.86 bits per heavy atom. The molecule has 0 saturated carbocycles. The van der Waals surface area contributed by atoms with Gasteiger partial charge in [0.1, 0.15) is 0 Å². The van der Waals surface area contributed by atoms with Gasteiger partial charge in [0.25, 0.3) is 11.7 Å². The predicted molar refractivity (Wildman–Crippen MR) is 27.3 cm³/mol. The number of hydrogen-bond donors (Lipinski definition) is 3. The second-order valence-electron chi connectivity index (χ2n) is 0.444. The summed E-state index contributed by atoms with van der Waals surface area (Å²) < 4.78 is 0. The number of nitrogens with two attached hydrogens (primary N) is 1. The van der Waals surface area contributed by atoms with E-state index < -0.39 is 5.24 Å². The maximum absolute atomic E-state index is 9.09. The van der Waals surface area contributed by atoms with Crippen LogP contribution in [0.15, 0.2) is 0 Å². The molecule has 1 amide bonds. The van der Waals surface area contributed by atoms with Crippen molar-refractivity contribution in [3.8, 4) is 0 Å². The van der Waals surface area contributed by atoms with Crippen LogP contribution < -0.4 is 5.73 Å². The highest BCUT2D eigenvalue weighted by molar-refractivity contribution is 7.96. The summed E-state index contributed by atoms with van der Waals surface area (Å²) in [6.07, 6.45) is 0. The van der Waals surface area contributed by atoms with Gasteiger partial charge in [-0.2, -0.15) is 0 Å². The molecule has 0 aromatic carbocycles. The summed E-state index contributed by atoms with van der Waals surface area (Å²) in [5, 5.41) is 6.25. The van der Waals surface area contributed by atoms with E-state index in [0.717, 1.165) is 0 Å². The van der Waals surface area contributed by atoms with Gasteiger partial charge in [0, 0.05) is 0 Å². The van der Waals surface area contributed by atoms with E-state index in [2.05, 4.69) is 18.4 Å². The third-order valence-corrected chi connectivity index (χ3v) is 0. The first-order valence-corrected chi connectivity index (χ1v) is 1.66. The second kappa shape index (κ2) is 8.99. The predicted octanol–water partition coefficient (Wildman–Crippen LogP) is -0.304. The topological polar surface area (TPSA) is 80.4 Å². The molecule has 0 atom stereocenters. The van der Waals surface area contributed by atoms with Crippen molar-refractivity contribution in [2.45, 2.75) is 0 Å². The molecule has 0 unspecified atom stereocenters. The molecule has 3 N–H and O–H groups in total. The first-order chi connectivity index (χ1) is 3.15. The summed E-state index contributed by atoms with van der Waals surface area (Å²) in [5.41, 5.74) is 4.34. The molecular formula is C2H5NO3S. The van der Waals surface area contributed by atoms with Crippen molar-refractivity contribution in [2.24, 2.45) is 5.73 Å². The van der Waals surface area contributed by atoms with E-state index in [1.807, 2.05) is 0 Å². The van der Waals surface area contributed by atoms with Crippen LogP contribution in [0.2, 0.25) is 0 Å². The van der Waals surface area contributed by atoms with Crippen LogP contribution in [0, 0.1) is 0 Å². The maximum Gasteiger partial charge on any atom is 0.290 e. The Morgan fingerprint density at radius 1 is 1.86 bits per heavy atom. The fourth-order valence-electron chi connectivity index (χ4n) is 0. The zero-order chi connectivity index (χ0) is 6.28. The van der Waals surface area contributed by atoms with E-state index in [1.165, 1.54) is 0 Å². The average Bonchev–Trinajstić information content (AvgIpc) is 1.33. The van der Waals surface area contributed by atoms with E-state index in [1.54, 1.807) is 0 Å². The summed E-state index contributed by atoms with van der Waals surface area (Å²) in [6.45, 7) is -0.250. The Morgan fingerprint density at radius 2 is 1.86 bits per heavy atom. The van der Waals surface area contributed by atoms with Gasteiger partial charge in [0.2, 0.25) is 0 Å². The second-order valence-corrected chi connectivity index (χ2v) is 0.884. The lowest BCUT2D eigenvalue weighted by Crippen LogP contribution is -1.95. The standard InChI is InChI=1S/CH3NOS.CH2O2/c2-1(3)4;2-1-3/h(H3,2,3,4);1H,(H,2,3). The molecule has 5 heteroatoms. The number of carbonyl (C=O) groups is 2. The van der Waals surface area contributed by atoms with Crippen LogP contribution in [-0.4, -0.2) is 16.8 Å². The molecule has 0 aliphatic carbocycles. The van der Waals surface area contributed by atoms with Crippen LogP contribution >= 0.6 is 12.6 Å². The summed E-state index contributed by atoms with van der Waals surface area (Å²) >= 11 is 3.10. The van der Waals surface area contributed by atoms with Gasteiger partial charge in [0.05, 0.1) is 0 Å². The van der Waals surface area contributed by atoms with Gasteiger partial charge in [-0.25, -0.2) is 0 Å². The molecule has 0 heterocycles. The summed E-state index contributed by atoms with van der Waals surface area (Å²) in [6, 6.07) is 0. The molecule has 0 aromatic heterocycles. The van der Waals surface area contributed by atoms with Crippen molar-refractivity contribution in [1.29, 1.82) is 0 Å². The molecule has 0 rings (SSSR count). The molecule has 7 heavy (non-hydrogen) atoms. The highest BCUT2D eigenvalue weighted by atomic mass is 32.1. The first-order valence-electron chi connectivity index (χ1n) is 1.21. The van der Waals surface area contributed by atoms with Crippen LogP contribution in [0.25, 0.3) is 0 Å². The van der Waals surface area contributed by atoms with Crippen LogP contribution in [-0.2, 0) is 4.79 Å². The Balaban J connectivity index is 0. The lowest BCUT2D eigenvalue weighted by molar-refractivity contribution is -0.122. The third kappa shape index (κ3) is 114. The molecule has 4 nitrogen and oxygen atoms in total. The largest absolute Gasteiger partial charge is 0.483 e. The quantitative estimate of drug-likeness (QED) is 0.305. The SMILES string of the molecule is NC(=O)S.O=CO. The van der Waals surface area contributed by atoms with E-state index in [0.29, 0.717) is 0 Å². The van der Waals surface area contributed by atoms with E-state index in [-0.39, 0.29) is 6.47 Å². The molecule has 0 aromatic rings. The summed E-state index contributed by atoms with van der Waals surface area (Å²) in [5.74, 6) is 0. The van der Waals surface area contributed by atoms with Gasteiger partial charge in [0.15, 0.2) is 0 Å². The highest BCUT2D eigenvalue weighted by Gasteiger charge is 1.63. The Bertz CT molecular complexity index is 60.0. The van der Waals surface area contributed by atoms with Crippen molar-refractivity contribution in [2.75, 3.05) is 0 Å². The normalized spacial score (nSPS) is 5.29. The number of primary amides is 1. The highest BCUT2D eigenvalue weighted by Crippen LogP contribution is 1.60. The van der Waals surface area contributed by atoms with Gasteiger partial charge in [-0.15, -0.1) is 0 Å². The van der Waals surface area contributed by atoms with Crippen molar-refractivity contribution in [3.05, 3.63) is 0 Å². The first kappa shape index (κ1) is 9.56. The molecular weight excluding hydrogens is 118 g/mol. The number of rotatable bonds is 0. The molecule has 0 aliphatic heterocycles. The zero-order valence-electron chi connectivity index (χ0n) is 3.37. The molecule has 42 valence electrons. The fourth-order valence-corrected chi connectivity index (χ4v) is 0. The van der Waals surface area contributed by atoms with Crippen LogP contribution in [0.3, 0.4) is 0 Å². The monoisotopic (exact) mass is 123 g/mol. The van der Waals surface area contributed by atoms with Crippen LogP contribution in [0.4, 0.5) is 4.79 Å². The minimum absolute atomic E-state index is 0.250.